The van der Waals surface area contributed by atoms with Crippen molar-refractivity contribution in [3.8, 4) is 0 Å². The molecule has 0 bridgehead atoms. The third-order valence-electron chi connectivity index (χ3n) is 3.89. The normalized spacial score (nSPS) is 17.3. The Bertz CT molecular complexity index is 740. The summed E-state index contributed by atoms with van der Waals surface area (Å²) in [5.41, 5.74) is 1.69. The fourth-order valence-corrected chi connectivity index (χ4v) is 2.75. The number of aromatic carboxylic acids is 1. The zero-order valence-electron chi connectivity index (χ0n) is 11.9. The number of nitrogens with zero attached hydrogens (tertiary/aromatic N) is 1. The monoisotopic (exact) mass is 325 g/mol. The smallest absolute Gasteiger partial charge is 0.435 e. The van der Waals surface area contributed by atoms with Crippen LogP contribution in [-0.4, -0.2) is 27.3 Å². The van der Waals surface area contributed by atoms with Gasteiger partial charge in [-0.05, 0) is 42.2 Å². The third kappa shape index (κ3) is 3.37. The van der Waals surface area contributed by atoms with Gasteiger partial charge in [0.25, 0.3) is 0 Å². The zero-order chi connectivity index (χ0) is 16.6. The first-order valence-corrected chi connectivity index (χ1v) is 7.03. The predicted molar refractivity (Wildman–Crippen MR) is 75.0 cm³/mol. The van der Waals surface area contributed by atoms with Crippen molar-refractivity contribution >= 4 is 5.97 Å². The van der Waals surface area contributed by atoms with Gasteiger partial charge < -0.3 is 10.4 Å². The highest BCUT2D eigenvalue weighted by molar-refractivity contribution is 5.88. The largest absolute Gasteiger partial charge is 0.478 e. The average molecular weight is 325 g/mol. The molecule has 0 saturated heterocycles. The van der Waals surface area contributed by atoms with Gasteiger partial charge in [0.05, 0.1) is 5.56 Å². The van der Waals surface area contributed by atoms with Crippen LogP contribution in [-0.2, 0) is 25.6 Å². The van der Waals surface area contributed by atoms with E-state index in [0.717, 1.165) is 23.6 Å². The van der Waals surface area contributed by atoms with Crippen molar-refractivity contribution in [1.29, 1.82) is 0 Å². The van der Waals surface area contributed by atoms with E-state index in [1.165, 1.54) is 0 Å². The zero-order valence-corrected chi connectivity index (χ0v) is 11.9. The Morgan fingerprint density at radius 1 is 1.30 bits per heavy atom. The van der Waals surface area contributed by atoms with E-state index in [2.05, 4.69) is 15.5 Å². The van der Waals surface area contributed by atoms with Crippen molar-refractivity contribution in [3.63, 3.8) is 0 Å². The predicted octanol–water partition coefficient (Wildman–Crippen LogP) is 2.38. The molecule has 5 nitrogen and oxygen atoms in total. The highest BCUT2D eigenvalue weighted by Gasteiger charge is 2.33. The van der Waals surface area contributed by atoms with Crippen molar-refractivity contribution < 1.29 is 23.1 Å². The number of H-pyrrole nitrogens is 1. The maximum atomic E-state index is 12.5. The van der Waals surface area contributed by atoms with Crippen LogP contribution >= 0.6 is 0 Å². The molecule has 8 heteroatoms. The summed E-state index contributed by atoms with van der Waals surface area (Å²) in [7, 11) is 0. The van der Waals surface area contributed by atoms with Gasteiger partial charge in [0, 0.05) is 18.3 Å². The number of hydrogen-bond acceptors (Lipinski definition) is 3. The molecule has 1 aliphatic rings. The Morgan fingerprint density at radius 3 is 2.70 bits per heavy atom. The number of benzene rings is 1. The highest BCUT2D eigenvalue weighted by atomic mass is 19.4. The minimum atomic E-state index is -4.45. The lowest BCUT2D eigenvalue weighted by Crippen LogP contribution is -2.29. The number of carboxylic acid groups (broad SMARTS) is 1. The molecule has 1 aromatic heterocycles. The lowest BCUT2D eigenvalue weighted by atomic mass is 10.1. The van der Waals surface area contributed by atoms with Gasteiger partial charge in [0.2, 0.25) is 0 Å². The highest BCUT2D eigenvalue weighted by Crippen LogP contribution is 2.28. The average Bonchev–Trinajstić information content (AvgIpc) is 3.10. The third-order valence-corrected chi connectivity index (χ3v) is 3.89. The second kappa shape index (κ2) is 5.69. The molecule has 1 aromatic carbocycles. The van der Waals surface area contributed by atoms with Crippen LogP contribution in [0.15, 0.2) is 24.3 Å². The minimum absolute atomic E-state index is 0.0617. The summed E-state index contributed by atoms with van der Waals surface area (Å²) in [6.45, 7) is 0.244. The number of rotatable bonds is 4. The molecule has 2 aromatic rings. The van der Waals surface area contributed by atoms with Crippen LogP contribution in [0.1, 0.15) is 32.9 Å². The molecular formula is C15H14F3N3O2. The number of fused-ring (bicyclic) bond motifs is 1. The Balaban J connectivity index is 1.60. The molecule has 0 amide bonds. The molecular weight excluding hydrogens is 311 g/mol. The van der Waals surface area contributed by atoms with Gasteiger partial charge >= 0.3 is 12.1 Å². The first kappa shape index (κ1) is 15.5. The molecule has 1 unspecified atom stereocenters. The number of nitrogens with one attached hydrogen (secondary N) is 2. The number of aromatic nitrogens is 2. The van der Waals surface area contributed by atoms with Crippen LogP contribution in [0.4, 0.5) is 13.2 Å². The van der Waals surface area contributed by atoms with Crippen LogP contribution in [0.3, 0.4) is 0 Å². The molecule has 1 aliphatic carbocycles. The molecule has 1 atom stereocenters. The van der Waals surface area contributed by atoms with Crippen molar-refractivity contribution in [1.82, 2.24) is 15.5 Å². The number of carbonyl (C=O) groups is 1. The second-order valence-electron chi connectivity index (χ2n) is 5.55. The Morgan fingerprint density at radius 2 is 2.04 bits per heavy atom. The van der Waals surface area contributed by atoms with Crippen molar-refractivity contribution in [2.75, 3.05) is 0 Å². The topological polar surface area (TPSA) is 78.0 Å². The van der Waals surface area contributed by atoms with Gasteiger partial charge in [-0.25, -0.2) is 4.79 Å². The van der Waals surface area contributed by atoms with E-state index in [1.54, 1.807) is 18.2 Å². The summed E-state index contributed by atoms with van der Waals surface area (Å²) in [4.78, 5) is 11.0. The first-order valence-electron chi connectivity index (χ1n) is 7.03. The van der Waals surface area contributed by atoms with Gasteiger partial charge in [0.15, 0.2) is 5.69 Å². The molecule has 1 heterocycles. The molecule has 0 radical (unpaired) electrons. The molecule has 0 saturated carbocycles. The number of halogens is 3. The van der Waals surface area contributed by atoms with Crippen molar-refractivity contribution in [3.05, 3.63) is 52.3 Å². The summed E-state index contributed by atoms with van der Waals surface area (Å²) in [5.74, 6) is -0.971. The summed E-state index contributed by atoms with van der Waals surface area (Å²) >= 11 is 0. The van der Waals surface area contributed by atoms with Crippen molar-refractivity contribution in [2.45, 2.75) is 31.6 Å². The van der Waals surface area contributed by atoms with Crippen LogP contribution in [0.2, 0.25) is 0 Å². The van der Waals surface area contributed by atoms with Gasteiger partial charge in [-0.15, -0.1) is 0 Å². The molecule has 0 aliphatic heterocycles. The Kier molecular flexibility index (Phi) is 3.85. The number of carboxylic acids is 1. The van der Waals surface area contributed by atoms with Gasteiger partial charge in [0.1, 0.15) is 0 Å². The lowest BCUT2D eigenvalue weighted by Gasteiger charge is -2.10. The number of hydrogen-bond donors (Lipinski definition) is 3. The molecule has 0 spiro atoms. The van der Waals surface area contributed by atoms with Crippen molar-refractivity contribution in [2.24, 2.45) is 0 Å². The van der Waals surface area contributed by atoms with E-state index >= 15 is 0 Å². The van der Waals surface area contributed by atoms with E-state index in [1.807, 2.05) is 0 Å². The fourth-order valence-electron chi connectivity index (χ4n) is 2.75. The van der Waals surface area contributed by atoms with E-state index < -0.39 is 17.8 Å². The molecule has 122 valence electrons. The van der Waals surface area contributed by atoms with Crippen LogP contribution < -0.4 is 5.32 Å². The Labute approximate surface area is 129 Å². The molecule has 0 fully saturated rings. The van der Waals surface area contributed by atoms with E-state index in [-0.39, 0.29) is 18.2 Å². The van der Waals surface area contributed by atoms with E-state index in [0.29, 0.717) is 12.1 Å². The first-order chi connectivity index (χ1) is 10.8. The van der Waals surface area contributed by atoms with Gasteiger partial charge in [-0.3, -0.25) is 5.10 Å². The Hall–Kier alpha value is -2.35. The SMILES string of the molecule is O=C(O)c1ccc2c(c1)CC(NCc1cc(C(F)(F)F)n[nH]1)C2. The summed E-state index contributed by atoms with van der Waals surface area (Å²) < 4.78 is 37.4. The number of alkyl halides is 3. The fraction of sp³-hybridized carbons (Fsp3) is 0.333. The van der Waals surface area contributed by atoms with Crippen LogP contribution in [0.5, 0.6) is 0 Å². The lowest BCUT2D eigenvalue weighted by molar-refractivity contribution is -0.141. The number of aromatic amines is 1. The molecule has 3 N–H and O–H groups in total. The molecule has 23 heavy (non-hydrogen) atoms. The quantitative estimate of drug-likeness (QED) is 0.806. The van der Waals surface area contributed by atoms with Gasteiger partial charge in [-0.2, -0.15) is 18.3 Å². The summed E-state index contributed by atoms with van der Waals surface area (Å²) in [6, 6.07) is 6.05. The molecule has 3 rings (SSSR count). The van der Waals surface area contributed by atoms with Crippen LogP contribution in [0.25, 0.3) is 0 Å². The maximum absolute atomic E-state index is 12.5. The maximum Gasteiger partial charge on any atom is 0.435 e. The van der Waals surface area contributed by atoms with Crippen LogP contribution in [0, 0.1) is 0 Å². The van der Waals surface area contributed by atoms with Gasteiger partial charge in [-0.1, -0.05) is 6.07 Å². The van der Waals surface area contributed by atoms with E-state index in [4.69, 9.17) is 5.11 Å². The minimum Gasteiger partial charge on any atom is -0.478 e. The van der Waals surface area contributed by atoms with E-state index in [9.17, 15) is 18.0 Å². The standard InChI is InChI=1S/C15H14F3N3O2/c16-15(17,18)13-6-12(20-21-13)7-19-11-4-8-1-2-9(14(22)23)3-10(8)5-11/h1-3,6,11,19H,4-5,7H2,(H,20,21)(H,22,23). The second-order valence-corrected chi connectivity index (χ2v) is 5.55. The summed E-state index contributed by atoms with van der Waals surface area (Å²) in [6.07, 6.45) is -3.09. The summed E-state index contributed by atoms with van der Waals surface area (Å²) in [5, 5.41) is 17.8.